The van der Waals surface area contributed by atoms with Gasteiger partial charge in [-0.1, -0.05) is 24.3 Å². The molecule has 7 heteroatoms. The SMILES string of the molecule is CCNC(=NCc1cn2c(C)cccc2n1)NCCc1ccccc1F.I. The van der Waals surface area contributed by atoms with Crippen molar-refractivity contribution in [1.82, 2.24) is 20.0 Å². The number of rotatable bonds is 6. The third kappa shape index (κ3) is 5.66. The molecule has 0 aliphatic heterocycles. The van der Waals surface area contributed by atoms with E-state index in [1.54, 1.807) is 12.1 Å². The number of nitrogens with one attached hydrogen (secondary N) is 2. The molecular weight excluding hydrogens is 456 g/mol. The molecule has 0 spiro atoms. The first-order valence-corrected chi connectivity index (χ1v) is 8.86. The van der Waals surface area contributed by atoms with Crippen LogP contribution in [0.3, 0.4) is 0 Å². The highest BCUT2D eigenvalue weighted by atomic mass is 127. The average molecular weight is 481 g/mol. The topological polar surface area (TPSA) is 53.7 Å². The summed E-state index contributed by atoms with van der Waals surface area (Å²) in [6.45, 7) is 5.92. The second-order valence-corrected chi connectivity index (χ2v) is 6.09. The molecule has 0 aliphatic carbocycles. The molecule has 3 rings (SSSR count). The minimum atomic E-state index is -0.170. The number of aromatic nitrogens is 2. The zero-order valence-corrected chi connectivity index (χ0v) is 17.9. The van der Waals surface area contributed by atoms with Crippen molar-refractivity contribution >= 4 is 35.6 Å². The Hall–Kier alpha value is -2.16. The quantitative estimate of drug-likeness (QED) is 0.321. The van der Waals surface area contributed by atoms with Crippen molar-refractivity contribution in [2.24, 2.45) is 4.99 Å². The first kappa shape index (κ1) is 21.1. The van der Waals surface area contributed by atoms with E-state index in [-0.39, 0.29) is 29.8 Å². The number of benzene rings is 1. The van der Waals surface area contributed by atoms with Crippen LogP contribution in [0.5, 0.6) is 0 Å². The number of nitrogens with zero attached hydrogens (tertiary/aromatic N) is 3. The molecule has 0 amide bonds. The van der Waals surface area contributed by atoms with Gasteiger partial charge in [0.15, 0.2) is 5.96 Å². The Morgan fingerprint density at radius 1 is 1.15 bits per heavy atom. The molecule has 0 radical (unpaired) electrons. The molecule has 0 bridgehead atoms. The molecule has 0 saturated heterocycles. The lowest BCUT2D eigenvalue weighted by Crippen LogP contribution is -2.38. The van der Waals surface area contributed by atoms with E-state index in [9.17, 15) is 4.39 Å². The number of guanidine groups is 1. The van der Waals surface area contributed by atoms with Gasteiger partial charge in [0.1, 0.15) is 11.5 Å². The van der Waals surface area contributed by atoms with E-state index in [1.165, 1.54) is 6.07 Å². The number of fused-ring (bicyclic) bond motifs is 1. The average Bonchev–Trinajstić information content (AvgIpc) is 3.06. The smallest absolute Gasteiger partial charge is 0.191 e. The Balaban J connectivity index is 0.00000261. The van der Waals surface area contributed by atoms with Crippen LogP contribution in [0.15, 0.2) is 53.7 Å². The second-order valence-electron chi connectivity index (χ2n) is 6.09. The van der Waals surface area contributed by atoms with Crippen LogP contribution in [-0.4, -0.2) is 28.4 Å². The number of hydrogen-bond donors (Lipinski definition) is 2. The number of imidazole rings is 1. The van der Waals surface area contributed by atoms with Crippen LogP contribution in [0.1, 0.15) is 23.9 Å². The summed E-state index contributed by atoms with van der Waals surface area (Å²) in [5.41, 5.74) is 3.67. The maximum Gasteiger partial charge on any atom is 0.191 e. The predicted octanol–water partition coefficient (Wildman–Crippen LogP) is 3.70. The van der Waals surface area contributed by atoms with Crippen LogP contribution in [0, 0.1) is 12.7 Å². The Morgan fingerprint density at radius 3 is 2.70 bits per heavy atom. The number of aryl methyl sites for hydroxylation is 1. The van der Waals surface area contributed by atoms with Gasteiger partial charge in [0.25, 0.3) is 0 Å². The van der Waals surface area contributed by atoms with Crippen molar-refractivity contribution in [2.75, 3.05) is 13.1 Å². The first-order valence-electron chi connectivity index (χ1n) is 8.86. The lowest BCUT2D eigenvalue weighted by Gasteiger charge is -2.11. The summed E-state index contributed by atoms with van der Waals surface area (Å²) in [7, 11) is 0. The van der Waals surface area contributed by atoms with Crippen LogP contribution in [-0.2, 0) is 13.0 Å². The van der Waals surface area contributed by atoms with Crippen molar-refractivity contribution in [1.29, 1.82) is 0 Å². The molecule has 0 saturated carbocycles. The van der Waals surface area contributed by atoms with Gasteiger partial charge in [0.05, 0.1) is 12.2 Å². The van der Waals surface area contributed by atoms with Crippen molar-refractivity contribution < 1.29 is 4.39 Å². The van der Waals surface area contributed by atoms with Gasteiger partial charge in [-0.25, -0.2) is 14.4 Å². The molecule has 2 heterocycles. The number of pyridine rings is 1. The summed E-state index contributed by atoms with van der Waals surface area (Å²) in [4.78, 5) is 9.18. The Labute approximate surface area is 176 Å². The Morgan fingerprint density at radius 2 is 1.96 bits per heavy atom. The molecule has 2 aromatic heterocycles. The van der Waals surface area contributed by atoms with Crippen LogP contribution in [0.2, 0.25) is 0 Å². The van der Waals surface area contributed by atoms with Gasteiger partial charge in [0.2, 0.25) is 0 Å². The number of halogens is 2. The van der Waals surface area contributed by atoms with Crippen LogP contribution >= 0.6 is 24.0 Å². The highest BCUT2D eigenvalue weighted by molar-refractivity contribution is 14.0. The minimum absolute atomic E-state index is 0. The molecule has 0 unspecified atom stereocenters. The summed E-state index contributed by atoms with van der Waals surface area (Å²) in [5.74, 6) is 0.536. The minimum Gasteiger partial charge on any atom is -0.357 e. The zero-order valence-electron chi connectivity index (χ0n) is 15.6. The van der Waals surface area contributed by atoms with Crippen molar-refractivity contribution in [3.05, 3.63) is 71.4 Å². The largest absolute Gasteiger partial charge is 0.357 e. The standard InChI is InChI=1S/C20H24FN5.HI/c1-3-22-20(23-12-11-16-8-4-5-9-18(16)21)24-13-17-14-26-15(2)7-6-10-19(26)25-17;/h4-10,14H,3,11-13H2,1-2H3,(H2,22,23,24);1H. The van der Waals surface area contributed by atoms with E-state index in [0.29, 0.717) is 31.0 Å². The summed E-state index contributed by atoms with van der Waals surface area (Å²) < 4.78 is 15.7. The lowest BCUT2D eigenvalue weighted by atomic mass is 10.1. The Kier molecular flexibility index (Phi) is 8.02. The maximum absolute atomic E-state index is 13.7. The molecular formula is C20H25FIN5. The van der Waals surface area contributed by atoms with E-state index < -0.39 is 0 Å². The molecule has 5 nitrogen and oxygen atoms in total. The summed E-state index contributed by atoms with van der Waals surface area (Å²) in [6, 6.07) is 12.9. The van der Waals surface area contributed by atoms with Gasteiger partial charge >= 0.3 is 0 Å². The van der Waals surface area contributed by atoms with Crippen molar-refractivity contribution in [3.63, 3.8) is 0 Å². The van der Waals surface area contributed by atoms with E-state index in [1.807, 2.05) is 31.3 Å². The van der Waals surface area contributed by atoms with E-state index in [2.05, 4.69) is 38.0 Å². The second kappa shape index (κ2) is 10.2. The van der Waals surface area contributed by atoms with Gasteiger partial charge in [-0.2, -0.15) is 0 Å². The van der Waals surface area contributed by atoms with Gasteiger partial charge in [-0.15, -0.1) is 24.0 Å². The summed E-state index contributed by atoms with van der Waals surface area (Å²) in [5, 5.41) is 6.46. The van der Waals surface area contributed by atoms with E-state index in [4.69, 9.17) is 0 Å². The van der Waals surface area contributed by atoms with Crippen molar-refractivity contribution in [3.8, 4) is 0 Å². The molecule has 0 atom stereocenters. The number of aliphatic imine (C=N–C) groups is 1. The van der Waals surface area contributed by atoms with Gasteiger partial charge in [-0.05, 0) is 44.0 Å². The van der Waals surface area contributed by atoms with Gasteiger partial charge in [-0.3, -0.25) is 0 Å². The van der Waals surface area contributed by atoms with Crippen molar-refractivity contribution in [2.45, 2.75) is 26.8 Å². The fourth-order valence-corrected chi connectivity index (χ4v) is 2.79. The third-order valence-corrected chi connectivity index (χ3v) is 4.13. The summed E-state index contributed by atoms with van der Waals surface area (Å²) >= 11 is 0. The highest BCUT2D eigenvalue weighted by Crippen LogP contribution is 2.09. The van der Waals surface area contributed by atoms with Gasteiger partial charge < -0.3 is 15.0 Å². The molecule has 3 aromatic rings. The monoisotopic (exact) mass is 481 g/mol. The molecule has 0 aliphatic rings. The molecule has 27 heavy (non-hydrogen) atoms. The predicted molar refractivity (Wildman–Crippen MR) is 118 cm³/mol. The fraction of sp³-hybridized carbons (Fsp3) is 0.300. The highest BCUT2D eigenvalue weighted by Gasteiger charge is 2.04. The van der Waals surface area contributed by atoms with Crippen LogP contribution in [0.25, 0.3) is 5.65 Å². The van der Waals surface area contributed by atoms with E-state index >= 15 is 0 Å². The normalized spacial score (nSPS) is 11.3. The molecule has 2 N–H and O–H groups in total. The Bertz CT molecular complexity index is 906. The van der Waals surface area contributed by atoms with Gasteiger partial charge in [0, 0.05) is 25.0 Å². The molecule has 0 fully saturated rings. The van der Waals surface area contributed by atoms with Crippen LogP contribution in [0.4, 0.5) is 4.39 Å². The summed E-state index contributed by atoms with van der Waals surface area (Å²) in [6.07, 6.45) is 2.61. The lowest BCUT2D eigenvalue weighted by molar-refractivity contribution is 0.606. The molecule has 1 aromatic carbocycles. The zero-order chi connectivity index (χ0) is 18.4. The van der Waals surface area contributed by atoms with E-state index in [0.717, 1.165) is 23.6 Å². The first-order chi connectivity index (χ1) is 12.7. The molecule has 144 valence electrons. The van der Waals surface area contributed by atoms with Crippen LogP contribution < -0.4 is 10.6 Å². The maximum atomic E-state index is 13.7. The third-order valence-electron chi connectivity index (χ3n) is 4.13. The fourth-order valence-electron chi connectivity index (χ4n) is 2.79. The number of hydrogen-bond acceptors (Lipinski definition) is 2.